The average Bonchev–Trinajstić information content (AvgIpc) is 2.68. The van der Waals surface area contributed by atoms with Crippen LogP contribution < -0.4 is 4.72 Å². The van der Waals surface area contributed by atoms with Crippen LogP contribution in [0.4, 0.5) is 0 Å². The van der Waals surface area contributed by atoms with E-state index >= 15 is 0 Å². The number of halogens is 1. The molecule has 2 aromatic rings. The van der Waals surface area contributed by atoms with E-state index in [-0.39, 0.29) is 12.3 Å². The molecule has 0 bridgehead atoms. The number of likely N-dealkylation sites (tertiary alicyclic amines) is 1. The minimum absolute atomic E-state index is 0.0285. The highest BCUT2D eigenvalue weighted by atomic mass is 35.5. The van der Waals surface area contributed by atoms with Crippen molar-refractivity contribution >= 4 is 27.5 Å². The topological polar surface area (TPSA) is 66.5 Å². The smallest absolute Gasteiger partial charge is 0.224 e. The molecule has 5 nitrogen and oxygen atoms in total. The summed E-state index contributed by atoms with van der Waals surface area (Å²) in [6, 6.07) is 16.7. The van der Waals surface area contributed by atoms with E-state index in [0.717, 1.165) is 31.1 Å². The van der Waals surface area contributed by atoms with Crippen molar-refractivity contribution in [3.63, 3.8) is 0 Å². The fraction of sp³-hybridized carbons (Fsp3) is 0.409. The van der Waals surface area contributed by atoms with E-state index in [1.54, 1.807) is 24.3 Å². The van der Waals surface area contributed by atoms with Crippen LogP contribution in [-0.2, 0) is 21.2 Å². The number of carbonyl (C=O) groups excluding carboxylic acids is 1. The van der Waals surface area contributed by atoms with E-state index in [1.807, 2.05) is 11.0 Å². The van der Waals surface area contributed by atoms with Crippen LogP contribution in [-0.4, -0.2) is 38.6 Å². The Morgan fingerprint density at radius 1 is 1.10 bits per heavy atom. The minimum Gasteiger partial charge on any atom is -0.343 e. The fourth-order valence-corrected chi connectivity index (χ4v) is 4.68. The van der Waals surface area contributed by atoms with Crippen LogP contribution in [0, 0.1) is 5.92 Å². The molecule has 1 N–H and O–H groups in total. The lowest BCUT2D eigenvalue weighted by molar-refractivity contribution is -0.133. The lowest BCUT2D eigenvalue weighted by Crippen LogP contribution is -2.41. The van der Waals surface area contributed by atoms with Crippen LogP contribution in [0.1, 0.15) is 36.4 Å². The maximum Gasteiger partial charge on any atom is 0.224 e. The predicted octanol–water partition coefficient (Wildman–Crippen LogP) is 3.80. The molecular formula is C22H27ClN2O3S. The van der Waals surface area contributed by atoms with Gasteiger partial charge in [-0.1, -0.05) is 54.1 Å². The lowest BCUT2D eigenvalue weighted by Gasteiger charge is -2.33. The van der Waals surface area contributed by atoms with Gasteiger partial charge in [-0.2, -0.15) is 0 Å². The first-order valence-corrected chi connectivity index (χ1v) is 12.1. The van der Waals surface area contributed by atoms with Crippen LogP contribution >= 0.6 is 11.6 Å². The Hall–Kier alpha value is -1.89. The van der Waals surface area contributed by atoms with Crippen molar-refractivity contribution in [3.05, 3.63) is 70.7 Å². The molecule has 1 saturated heterocycles. The van der Waals surface area contributed by atoms with Gasteiger partial charge in [-0.15, -0.1) is 0 Å². The first-order chi connectivity index (χ1) is 13.8. The SMILES string of the molecule is CS(=O)(=O)N[C@H](CC(=O)N1CCC(Cc2ccccc2)CC1)c1ccc(Cl)cc1. The number of sulfonamides is 1. The summed E-state index contributed by atoms with van der Waals surface area (Å²) < 4.78 is 26.2. The van der Waals surface area contributed by atoms with Gasteiger partial charge in [-0.05, 0) is 48.4 Å². The van der Waals surface area contributed by atoms with Gasteiger partial charge in [-0.3, -0.25) is 4.79 Å². The van der Waals surface area contributed by atoms with Crippen molar-refractivity contribution in [3.8, 4) is 0 Å². The zero-order valence-corrected chi connectivity index (χ0v) is 18.1. The van der Waals surface area contributed by atoms with E-state index in [0.29, 0.717) is 24.0 Å². The second-order valence-corrected chi connectivity index (χ2v) is 9.93. The zero-order valence-electron chi connectivity index (χ0n) is 16.6. The summed E-state index contributed by atoms with van der Waals surface area (Å²) in [7, 11) is -3.46. The van der Waals surface area contributed by atoms with Crippen LogP contribution in [0.2, 0.25) is 5.02 Å². The molecule has 3 rings (SSSR count). The Morgan fingerprint density at radius 3 is 2.31 bits per heavy atom. The number of hydrogen-bond acceptors (Lipinski definition) is 3. The highest BCUT2D eigenvalue weighted by Gasteiger charge is 2.26. The molecule has 0 saturated carbocycles. The second kappa shape index (κ2) is 9.74. The molecule has 1 heterocycles. The molecule has 0 aromatic heterocycles. The van der Waals surface area contributed by atoms with Gasteiger partial charge >= 0.3 is 0 Å². The third kappa shape index (κ3) is 6.84. The van der Waals surface area contributed by atoms with Gasteiger partial charge in [0, 0.05) is 24.5 Å². The largest absolute Gasteiger partial charge is 0.343 e. The molecule has 1 aliphatic rings. The second-order valence-electron chi connectivity index (χ2n) is 7.71. The number of amides is 1. The molecule has 0 spiro atoms. The van der Waals surface area contributed by atoms with E-state index in [2.05, 4.69) is 29.0 Å². The predicted molar refractivity (Wildman–Crippen MR) is 116 cm³/mol. The lowest BCUT2D eigenvalue weighted by atomic mass is 9.90. The van der Waals surface area contributed by atoms with Gasteiger partial charge in [0.25, 0.3) is 0 Å². The fourth-order valence-electron chi connectivity index (χ4n) is 3.82. The van der Waals surface area contributed by atoms with E-state index < -0.39 is 16.1 Å². The Kier molecular flexibility index (Phi) is 7.33. The van der Waals surface area contributed by atoms with Crippen LogP contribution in [0.5, 0.6) is 0 Å². The molecule has 156 valence electrons. The van der Waals surface area contributed by atoms with E-state index in [9.17, 15) is 13.2 Å². The Morgan fingerprint density at radius 2 is 1.72 bits per heavy atom. The van der Waals surface area contributed by atoms with Gasteiger partial charge in [0.2, 0.25) is 15.9 Å². The molecule has 0 aliphatic carbocycles. The van der Waals surface area contributed by atoms with E-state index in [4.69, 9.17) is 11.6 Å². The Bertz CT molecular complexity index is 909. The summed E-state index contributed by atoms with van der Waals surface area (Å²) >= 11 is 5.93. The normalized spacial score (nSPS) is 16.6. The quantitative estimate of drug-likeness (QED) is 0.720. The summed E-state index contributed by atoms with van der Waals surface area (Å²) in [4.78, 5) is 14.7. The average molecular weight is 435 g/mol. The maximum absolute atomic E-state index is 12.9. The van der Waals surface area contributed by atoms with Crippen molar-refractivity contribution < 1.29 is 13.2 Å². The number of piperidine rings is 1. The minimum atomic E-state index is -3.46. The van der Waals surface area contributed by atoms with E-state index in [1.165, 1.54) is 5.56 Å². The molecule has 1 atom stereocenters. The summed E-state index contributed by atoms with van der Waals surface area (Å²) in [6.45, 7) is 1.42. The molecule has 0 unspecified atom stereocenters. The number of rotatable bonds is 7. The first kappa shape index (κ1) is 21.8. The van der Waals surface area contributed by atoms with Gasteiger partial charge in [-0.25, -0.2) is 13.1 Å². The van der Waals surface area contributed by atoms with Crippen molar-refractivity contribution in [1.29, 1.82) is 0 Å². The number of hydrogen-bond donors (Lipinski definition) is 1. The zero-order chi connectivity index (χ0) is 20.9. The standard InChI is InChI=1S/C22H27ClN2O3S/c1-29(27,28)24-21(19-7-9-20(23)10-8-19)16-22(26)25-13-11-18(12-14-25)15-17-5-3-2-4-6-17/h2-10,18,21,24H,11-16H2,1H3/t21-/m1/s1. The van der Waals surface area contributed by atoms with Crippen molar-refractivity contribution in [2.75, 3.05) is 19.3 Å². The number of carbonyl (C=O) groups is 1. The van der Waals surface area contributed by atoms with Gasteiger partial charge in [0.1, 0.15) is 0 Å². The van der Waals surface area contributed by atoms with Crippen molar-refractivity contribution in [2.45, 2.75) is 31.7 Å². The molecule has 2 aromatic carbocycles. The third-order valence-corrected chi connectivity index (χ3v) is 6.31. The third-order valence-electron chi connectivity index (χ3n) is 5.34. The molecule has 0 radical (unpaired) electrons. The number of nitrogens with zero attached hydrogens (tertiary/aromatic N) is 1. The molecule has 1 amide bonds. The van der Waals surface area contributed by atoms with Crippen molar-refractivity contribution in [1.82, 2.24) is 9.62 Å². The molecule has 29 heavy (non-hydrogen) atoms. The van der Waals surface area contributed by atoms with Crippen LogP contribution in [0.3, 0.4) is 0 Å². The summed E-state index contributed by atoms with van der Waals surface area (Å²) in [5.41, 5.74) is 2.06. The molecule has 7 heteroatoms. The molecular weight excluding hydrogens is 408 g/mol. The maximum atomic E-state index is 12.9. The highest BCUT2D eigenvalue weighted by Crippen LogP contribution is 2.25. The Balaban J connectivity index is 1.59. The number of benzene rings is 2. The molecule has 1 fully saturated rings. The van der Waals surface area contributed by atoms with Gasteiger partial charge < -0.3 is 4.90 Å². The number of nitrogens with one attached hydrogen (secondary N) is 1. The Labute approximate surface area is 178 Å². The van der Waals surface area contributed by atoms with Gasteiger partial charge in [0.05, 0.1) is 12.3 Å². The first-order valence-electron chi connectivity index (χ1n) is 9.84. The molecule has 1 aliphatic heterocycles. The summed E-state index contributed by atoms with van der Waals surface area (Å²) in [5, 5.41) is 0.568. The van der Waals surface area contributed by atoms with Crippen LogP contribution in [0.25, 0.3) is 0 Å². The highest BCUT2D eigenvalue weighted by molar-refractivity contribution is 7.88. The summed E-state index contributed by atoms with van der Waals surface area (Å²) in [5.74, 6) is 0.543. The van der Waals surface area contributed by atoms with Crippen LogP contribution in [0.15, 0.2) is 54.6 Å². The summed E-state index contributed by atoms with van der Waals surface area (Å²) in [6.07, 6.45) is 4.16. The van der Waals surface area contributed by atoms with Crippen molar-refractivity contribution in [2.24, 2.45) is 5.92 Å². The van der Waals surface area contributed by atoms with Gasteiger partial charge in [0.15, 0.2) is 0 Å². The monoisotopic (exact) mass is 434 g/mol.